The molecule has 1 aromatic carbocycles. The smallest absolute Gasteiger partial charge is 0.0236 e. The van der Waals surface area contributed by atoms with Gasteiger partial charge in [-0.05, 0) is 43.6 Å². The minimum atomic E-state index is 0.568. The van der Waals surface area contributed by atoms with Gasteiger partial charge in [-0.3, -0.25) is 4.90 Å². The lowest BCUT2D eigenvalue weighted by atomic mass is 10.0. The second-order valence-electron chi connectivity index (χ2n) is 5.85. The summed E-state index contributed by atoms with van der Waals surface area (Å²) < 4.78 is 0. The molecule has 0 aromatic heterocycles. The predicted molar refractivity (Wildman–Crippen MR) is 89.1 cm³/mol. The maximum absolute atomic E-state index is 3.51. The first-order chi connectivity index (χ1) is 9.67. The van der Waals surface area contributed by atoms with Crippen LogP contribution in [0.5, 0.6) is 0 Å². The second kappa shape index (κ2) is 9.95. The zero-order valence-electron chi connectivity index (χ0n) is 13.8. The molecule has 0 spiro atoms. The van der Waals surface area contributed by atoms with E-state index in [0.29, 0.717) is 6.04 Å². The lowest BCUT2D eigenvalue weighted by Crippen LogP contribution is -2.27. The van der Waals surface area contributed by atoms with Gasteiger partial charge in [0, 0.05) is 12.6 Å². The summed E-state index contributed by atoms with van der Waals surface area (Å²) in [6.07, 6.45) is 3.70. The molecule has 114 valence electrons. The third-order valence-corrected chi connectivity index (χ3v) is 3.73. The fourth-order valence-corrected chi connectivity index (χ4v) is 2.42. The van der Waals surface area contributed by atoms with E-state index in [2.05, 4.69) is 62.2 Å². The van der Waals surface area contributed by atoms with Gasteiger partial charge < -0.3 is 5.32 Å². The molecule has 0 saturated carbocycles. The number of nitrogens with one attached hydrogen (secondary N) is 1. The minimum absolute atomic E-state index is 0.568. The van der Waals surface area contributed by atoms with Crippen LogP contribution in [0.15, 0.2) is 24.3 Å². The Bertz CT molecular complexity index is 360. The molecule has 2 heteroatoms. The van der Waals surface area contributed by atoms with E-state index in [0.717, 1.165) is 26.1 Å². The van der Waals surface area contributed by atoms with E-state index in [1.165, 1.54) is 30.5 Å². The summed E-state index contributed by atoms with van der Waals surface area (Å²) in [6, 6.07) is 9.47. The van der Waals surface area contributed by atoms with Crippen molar-refractivity contribution in [2.45, 2.75) is 59.5 Å². The van der Waals surface area contributed by atoms with Crippen molar-refractivity contribution in [2.24, 2.45) is 0 Å². The van der Waals surface area contributed by atoms with Gasteiger partial charge in [-0.25, -0.2) is 0 Å². The summed E-state index contributed by atoms with van der Waals surface area (Å²) in [5.74, 6) is 0. The van der Waals surface area contributed by atoms with E-state index in [1.807, 2.05) is 0 Å². The van der Waals surface area contributed by atoms with Crippen molar-refractivity contribution in [1.29, 1.82) is 0 Å². The molecule has 0 aliphatic carbocycles. The number of nitrogens with zero attached hydrogens (tertiary/aromatic N) is 1. The molecule has 0 amide bonds. The highest BCUT2D eigenvalue weighted by atomic mass is 15.1. The third kappa shape index (κ3) is 6.53. The molecule has 20 heavy (non-hydrogen) atoms. The summed E-state index contributed by atoms with van der Waals surface area (Å²) in [4.78, 5) is 2.55. The van der Waals surface area contributed by atoms with Crippen LogP contribution in [0.25, 0.3) is 0 Å². The predicted octanol–water partition coefficient (Wildman–Crippen LogP) is 3.85. The van der Waals surface area contributed by atoms with Crippen LogP contribution in [0.2, 0.25) is 0 Å². The maximum Gasteiger partial charge on any atom is 0.0236 e. The summed E-state index contributed by atoms with van der Waals surface area (Å²) in [7, 11) is 0. The van der Waals surface area contributed by atoms with Crippen LogP contribution >= 0.6 is 0 Å². The Morgan fingerprint density at radius 2 is 1.80 bits per heavy atom. The molecule has 2 nitrogen and oxygen atoms in total. The highest BCUT2D eigenvalue weighted by molar-refractivity contribution is 5.27. The number of unbranched alkanes of at least 4 members (excludes halogenated alkanes) is 1. The van der Waals surface area contributed by atoms with Crippen molar-refractivity contribution >= 4 is 0 Å². The summed E-state index contributed by atoms with van der Waals surface area (Å²) >= 11 is 0. The average molecular weight is 276 g/mol. The van der Waals surface area contributed by atoms with Crippen molar-refractivity contribution < 1.29 is 0 Å². The molecule has 0 fully saturated rings. The Hall–Kier alpha value is -0.860. The van der Waals surface area contributed by atoms with Crippen molar-refractivity contribution in [3.05, 3.63) is 35.4 Å². The van der Waals surface area contributed by atoms with Gasteiger partial charge in [-0.15, -0.1) is 0 Å². The molecular weight excluding hydrogens is 244 g/mol. The van der Waals surface area contributed by atoms with Gasteiger partial charge in [0.25, 0.3) is 0 Å². The van der Waals surface area contributed by atoms with Gasteiger partial charge in [-0.2, -0.15) is 0 Å². The van der Waals surface area contributed by atoms with E-state index in [-0.39, 0.29) is 0 Å². The van der Waals surface area contributed by atoms with Crippen LogP contribution in [-0.2, 0) is 13.0 Å². The number of benzene rings is 1. The van der Waals surface area contributed by atoms with Gasteiger partial charge in [0.1, 0.15) is 0 Å². The summed E-state index contributed by atoms with van der Waals surface area (Å²) in [5, 5.41) is 3.51. The fourth-order valence-electron chi connectivity index (χ4n) is 2.42. The summed E-state index contributed by atoms with van der Waals surface area (Å²) in [6.45, 7) is 13.4. The monoisotopic (exact) mass is 276 g/mol. The molecule has 0 bridgehead atoms. The van der Waals surface area contributed by atoms with Crippen LogP contribution in [-0.4, -0.2) is 30.6 Å². The van der Waals surface area contributed by atoms with E-state index in [4.69, 9.17) is 0 Å². The van der Waals surface area contributed by atoms with Crippen molar-refractivity contribution in [1.82, 2.24) is 10.2 Å². The normalized spacial score (nSPS) is 11.5. The van der Waals surface area contributed by atoms with E-state index >= 15 is 0 Å². The Morgan fingerprint density at radius 1 is 1.10 bits per heavy atom. The van der Waals surface area contributed by atoms with Crippen LogP contribution in [0.1, 0.15) is 51.7 Å². The first-order valence-electron chi connectivity index (χ1n) is 8.19. The molecular formula is C18H32N2. The first kappa shape index (κ1) is 17.2. The fraction of sp³-hybridized carbons (Fsp3) is 0.667. The van der Waals surface area contributed by atoms with Crippen LogP contribution in [0.4, 0.5) is 0 Å². The second-order valence-corrected chi connectivity index (χ2v) is 5.85. The topological polar surface area (TPSA) is 15.3 Å². The highest BCUT2D eigenvalue weighted by Gasteiger charge is 2.07. The number of hydrogen-bond acceptors (Lipinski definition) is 2. The molecule has 0 aliphatic rings. The Kier molecular flexibility index (Phi) is 8.56. The van der Waals surface area contributed by atoms with Crippen LogP contribution < -0.4 is 5.32 Å². The molecule has 0 heterocycles. The Balaban J connectivity index is 2.59. The highest BCUT2D eigenvalue weighted by Crippen LogP contribution is 2.13. The molecule has 0 saturated heterocycles. The van der Waals surface area contributed by atoms with Crippen LogP contribution in [0.3, 0.4) is 0 Å². The van der Waals surface area contributed by atoms with E-state index in [9.17, 15) is 0 Å². The van der Waals surface area contributed by atoms with Gasteiger partial charge in [0.05, 0.1) is 0 Å². The SMILES string of the molecule is CCCCN(CC)Cc1ccccc1CCNC(C)C. The van der Waals surface area contributed by atoms with E-state index < -0.39 is 0 Å². The van der Waals surface area contributed by atoms with Crippen LogP contribution in [0, 0.1) is 0 Å². The van der Waals surface area contributed by atoms with Gasteiger partial charge in [-0.1, -0.05) is 58.4 Å². The van der Waals surface area contributed by atoms with Crippen molar-refractivity contribution in [3.63, 3.8) is 0 Å². The lowest BCUT2D eigenvalue weighted by molar-refractivity contribution is 0.274. The number of rotatable bonds is 10. The van der Waals surface area contributed by atoms with E-state index in [1.54, 1.807) is 0 Å². The largest absolute Gasteiger partial charge is 0.314 e. The molecule has 1 rings (SSSR count). The molecule has 0 atom stereocenters. The van der Waals surface area contributed by atoms with Gasteiger partial charge >= 0.3 is 0 Å². The quantitative estimate of drug-likeness (QED) is 0.698. The first-order valence-corrected chi connectivity index (χ1v) is 8.19. The molecule has 0 radical (unpaired) electrons. The number of hydrogen-bond donors (Lipinski definition) is 1. The van der Waals surface area contributed by atoms with Gasteiger partial charge in [0.15, 0.2) is 0 Å². The molecule has 0 aliphatic heterocycles. The maximum atomic E-state index is 3.51. The average Bonchev–Trinajstić information content (AvgIpc) is 2.44. The Labute approximate surface area is 125 Å². The third-order valence-electron chi connectivity index (χ3n) is 3.73. The van der Waals surface area contributed by atoms with Gasteiger partial charge in [0.2, 0.25) is 0 Å². The Morgan fingerprint density at radius 3 is 2.40 bits per heavy atom. The molecule has 1 N–H and O–H groups in total. The standard InChI is InChI=1S/C18H32N2/c1-5-7-14-20(6-2)15-18-11-9-8-10-17(18)12-13-19-16(3)4/h8-11,16,19H,5-7,12-15H2,1-4H3. The zero-order chi connectivity index (χ0) is 14.8. The summed E-state index contributed by atoms with van der Waals surface area (Å²) in [5.41, 5.74) is 2.99. The molecule has 1 aromatic rings. The van der Waals surface area contributed by atoms with Crippen molar-refractivity contribution in [2.75, 3.05) is 19.6 Å². The minimum Gasteiger partial charge on any atom is -0.314 e. The zero-order valence-corrected chi connectivity index (χ0v) is 13.8. The molecule has 0 unspecified atom stereocenters. The lowest BCUT2D eigenvalue weighted by Gasteiger charge is -2.22. The van der Waals surface area contributed by atoms with Crippen molar-refractivity contribution in [3.8, 4) is 0 Å².